The Kier molecular flexibility index (Phi) is 4.77. The van der Waals surface area contributed by atoms with Crippen LogP contribution in [0.4, 0.5) is 15.8 Å². The van der Waals surface area contributed by atoms with Crippen molar-refractivity contribution in [3.05, 3.63) is 35.7 Å². The Balaban J connectivity index is 2.16. The fraction of sp³-hybridized carbons (Fsp3) is 0.471. The van der Waals surface area contributed by atoms with E-state index >= 15 is 0 Å². The van der Waals surface area contributed by atoms with Gasteiger partial charge in [0.05, 0.1) is 17.9 Å². The van der Waals surface area contributed by atoms with Crippen LogP contribution >= 0.6 is 0 Å². The maximum atomic E-state index is 13.7. The topological polar surface area (TPSA) is 75.3 Å². The fourth-order valence-corrected chi connectivity index (χ4v) is 3.51. The van der Waals surface area contributed by atoms with E-state index in [-0.39, 0.29) is 28.8 Å². The molecule has 7 heteroatoms. The van der Waals surface area contributed by atoms with Gasteiger partial charge in [-0.05, 0) is 43.4 Å². The van der Waals surface area contributed by atoms with Gasteiger partial charge in [0.1, 0.15) is 5.82 Å². The molecule has 0 bridgehead atoms. The molecule has 2 N–H and O–H groups in total. The number of sulfonamides is 1. The molecule has 2 rings (SSSR count). The SMILES string of the molecule is CC(C)=CC1C(C(=O)Nc2ccc(F)c(NS(C)(=O)=O)c2)C1(C)C. The third-order valence-corrected chi connectivity index (χ3v) is 4.83. The number of carbonyl (C=O) groups is 1. The summed E-state index contributed by atoms with van der Waals surface area (Å²) in [5.41, 5.74) is 1.19. The van der Waals surface area contributed by atoms with Crippen LogP contribution in [0.3, 0.4) is 0 Å². The van der Waals surface area contributed by atoms with Crippen LogP contribution in [-0.4, -0.2) is 20.6 Å². The summed E-state index contributed by atoms with van der Waals surface area (Å²) in [5.74, 6) is -0.854. The van der Waals surface area contributed by atoms with Gasteiger partial charge in [-0.3, -0.25) is 9.52 Å². The van der Waals surface area contributed by atoms with Crippen molar-refractivity contribution in [2.24, 2.45) is 17.3 Å². The van der Waals surface area contributed by atoms with E-state index in [9.17, 15) is 17.6 Å². The molecular weight excluding hydrogens is 331 g/mol. The predicted octanol–water partition coefficient (Wildman–Crippen LogP) is 3.37. The first-order valence-electron chi connectivity index (χ1n) is 7.65. The third kappa shape index (κ3) is 4.14. The summed E-state index contributed by atoms with van der Waals surface area (Å²) in [6.07, 6.45) is 3.03. The largest absolute Gasteiger partial charge is 0.326 e. The lowest BCUT2D eigenvalue weighted by Gasteiger charge is -2.10. The van der Waals surface area contributed by atoms with Gasteiger partial charge in [-0.1, -0.05) is 25.5 Å². The number of anilines is 2. The maximum absolute atomic E-state index is 13.7. The Hall–Kier alpha value is -1.89. The van der Waals surface area contributed by atoms with Crippen molar-refractivity contribution >= 4 is 27.3 Å². The molecule has 0 aromatic heterocycles. The Morgan fingerprint density at radius 2 is 1.92 bits per heavy atom. The third-order valence-electron chi connectivity index (χ3n) is 4.24. The molecule has 0 saturated heterocycles. The minimum absolute atomic E-state index is 0.130. The number of rotatable bonds is 5. The van der Waals surface area contributed by atoms with Crippen molar-refractivity contribution < 1.29 is 17.6 Å². The van der Waals surface area contributed by atoms with Gasteiger partial charge in [-0.15, -0.1) is 0 Å². The van der Waals surface area contributed by atoms with Crippen LogP contribution in [-0.2, 0) is 14.8 Å². The lowest BCUT2D eigenvalue weighted by molar-refractivity contribution is -0.118. The van der Waals surface area contributed by atoms with Crippen LogP contribution in [0.15, 0.2) is 29.8 Å². The Morgan fingerprint density at radius 1 is 1.29 bits per heavy atom. The summed E-state index contributed by atoms with van der Waals surface area (Å²) >= 11 is 0. The first-order chi connectivity index (χ1) is 10.9. The van der Waals surface area contributed by atoms with E-state index in [4.69, 9.17) is 0 Å². The minimum atomic E-state index is -3.60. The normalized spacial score (nSPS) is 21.8. The van der Waals surface area contributed by atoms with Crippen molar-refractivity contribution in [1.29, 1.82) is 0 Å². The van der Waals surface area contributed by atoms with Crippen molar-refractivity contribution in [2.45, 2.75) is 27.7 Å². The Bertz CT molecular complexity index is 796. The minimum Gasteiger partial charge on any atom is -0.326 e. The van der Waals surface area contributed by atoms with Gasteiger partial charge in [-0.25, -0.2) is 12.8 Å². The predicted molar refractivity (Wildman–Crippen MR) is 93.7 cm³/mol. The molecular formula is C17H23FN2O3S. The molecule has 24 heavy (non-hydrogen) atoms. The van der Waals surface area contributed by atoms with E-state index in [1.54, 1.807) is 0 Å². The molecule has 1 amide bonds. The fourth-order valence-electron chi connectivity index (χ4n) is 2.95. The van der Waals surface area contributed by atoms with E-state index in [2.05, 4.69) is 16.1 Å². The van der Waals surface area contributed by atoms with Crippen LogP contribution in [0.2, 0.25) is 0 Å². The molecule has 1 fully saturated rings. The number of benzene rings is 1. The molecule has 2 unspecified atom stereocenters. The van der Waals surface area contributed by atoms with Gasteiger partial charge in [0.2, 0.25) is 15.9 Å². The lowest BCUT2D eigenvalue weighted by atomic mass is 10.1. The van der Waals surface area contributed by atoms with E-state index in [0.29, 0.717) is 5.69 Å². The molecule has 5 nitrogen and oxygen atoms in total. The van der Waals surface area contributed by atoms with Crippen LogP contribution < -0.4 is 10.0 Å². The van der Waals surface area contributed by atoms with E-state index in [0.717, 1.165) is 17.9 Å². The van der Waals surface area contributed by atoms with Gasteiger partial charge < -0.3 is 5.32 Å². The first kappa shape index (κ1) is 18.4. The highest BCUT2D eigenvalue weighted by Crippen LogP contribution is 2.59. The van der Waals surface area contributed by atoms with Crippen molar-refractivity contribution in [3.63, 3.8) is 0 Å². The summed E-state index contributed by atoms with van der Waals surface area (Å²) in [6.45, 7) is 8.05. The monoisotopic (exact) mass is 354 g/mol. The van der Waals surface area contributed by atoms with Gasteiger partial charge >= 0.3 is 0 Å². The van der Waals surface area contributed by atoms with E-state index in [1.165, 1.54) is 12.1 Å². The molecule has 1 aliphatic carbocycles. The maximum Gasteiger partial charge on any atom is 0.229 e. The smallest absolute Gasteiger partial charge is 0.229 e. The Labute approximate surface area is 142 Å². The summed E-state index contributed by atoms with van der Waals surface area (Å²) in [7, 11) is -3.60. The van der Waals surface area contributed by atoms with Crippen LogP contribution in [0.25, 0.3) is 0 Å². The zero-order valence-electron chi connectivity index (χ0n) is 14.5. The number of allylic oxidation sites excluding steroid dienone is 2. The second kappa shape index (κ2) is 6.20. The number of nitrogens with one attached hydrogen (secondary N) is 2. The second-order valence-corrected chi connectivity index (χ2v) is 8.88. The van der Waals surface area contributed by atoms with Crippen LogP contribution in [0.1, 0.15) is 27.7 Å². The number of amides is 1. The number of halogens is 1. The molecule has 1 saturated carbocycles. The van der Waals surface area contributed by atoms with E-state index < -0.39 is 15.8 Å². The molecule has 2 atom stereocenters. The van der Waals surface area contributed by atoms with Gasteiger partial charge in [0, 0.05) is 5.69 Å². The highest BCUT2D eigenvalue weighted by atomic mass is 32.2. The highest BCUT2D eigenvalue weighted by Gasteiger charge is 2.60. The summed E-state index contributed by atoms with van der Waals surface area (Å²) in [6, 6.07) is 3.81. The molecule has 0 radical (unpaired) electrons. The summed E-state index contributed by atoms with van der Waals surface area (Å²) in [5, 5.41) is 2.75. The highest BCUT2D eigenvalue weighted by molar-refractivity contribution is 7.92. The van der Waals surface area contributed by atoms with Gasteiger partial charge in [-0.2, -0.15) is 0 Å². The molecule has 1 aromatic carbocycles. The van der Waals surface area contributed by atoms with Crippen molar-refractivity contribution in [3.8, 4) is 0 Å². The first-order valence-corrected chi connectivity index (χ1v) is 9.54. The second-order valence-electron chi connectivity index (χ2n) is 7.13. The average Bonchev–Trinajstić information content (AvgIpc) is 2.92. The van der Waals surface area contributed by atoms with Gasteiger partial charge in [0.25, 0.3) is 0 Å². The zero-order valence-corrected chi connectivity index (χ0v) is 15.3. The number of hydrogen-bond acceptors (Lipinski definition) is 3. The Morgan fingerprint density at radius 3 is 2.46 bits per heavy atom. The molecule has 132 valence electrons. The standard InChI is InChI=1S/C17H23FN2O3S/c1-10(2)8-12-15(17(12,3)4)16(21)19-11-6-7-13(18)14(9-11)20-24(5,22)23/h6-9,12,15,20H,1-5H3,(H,19,21). The van der Waals surface area contributed by atoms with Crippen LogP contribution in [0.5, 0.6) is 0 Å². The van der Waals surface area contributed by atoms with Crippen molar-refractivity contribution in [1.82, 2.24) is 0 Å². The zero-order chi connectivity index (χ0) is 18.3. The average molecular weight is 354 g/mol. The molecule has 1 aromatic rings. The molecule has 1 aliphatic rings. The number of carbonyl (C=O) groups excluding carboxylic acids is 1. The van der Waals surface area contributed by atoms with Crippen molar-refractivity contribution in [2.75, 3.05) is 16.3 Å². The summed E-state index contributed by atoms with van der Waals surface area (Å²) < 4.78 is 38.3. The number of hydrogen-bond donors (Lipinski definition) is 2. The van der Waals surface area contributed by atoms with Crippen LogP contribution in [0, 0.1) is 23.1 Å². The summed E-state index contributed by atoms with van der Waals surface area (Å²) in [4.78, 5) is 12.5. The van der Waals surface area contributed by atoms with E-state index in [1.807, 2.05) is 27.7 Å². The lowest BCUT2D eigenvalue weighted by Crippen LogP contribution is -2.17. The molecule has 0 spiro atoms. The van der Waals surface area contributed by atoms with Gasteiger partial charge in [0.15, 0.2) is 0 Å². The molecule has 0 aliphatic heterocycles. The quantitative estimate of drug-likeness (QED) is 0.796. The molecule has 0 heterocycles.